The molecular weight excluding hydrogens is 252 g/mol. The van der Waals surface area contributed by atoms with Crippen molar-refractivity contribution in [1.29, 1.82) is 0 Å². The van der Waals surface area contributed by atoms with Crippen LogP contribution in [0.5, 0.6) is 0 Å². The maximum absolute atomic E-state index is 4.80. The predicted octanol–water partition coefficient (Wildman–Crippen LogP) is 4.10. The van der Waals surface area contributed by atoms with Crippen LogP contribution in [0.15, 0.2) is 23.2 Å². The Labute approximate surface area is 120 Å². The number of hydrogen-bond acceptors (Lipinski definition) is 3. The molecule has 1 aromatic rings. The smallest absolute Gasteiger partial charge is 0.161 e. The Bertz CT molecular complexity index is 494. The normalized spacial score (nSPS) is 22.3. The average molecular weight is 274 g/mol. The van der Waals surface area contributed by atoms with Crippen LogP contribution in [-0.4, -0.2) is 17.0 Å². The first kappa shape index (κ1) is 13.0. The van der Waals surface area contributed by atoms with Crippen LogP contribution in [0, 0.1) is 5.92 Å². The number of aryl methyl sites for hydroxylation is 1. The van der Waals surface area contributed by atoms with E-state index in [0.717, 1.165) is 10.9 Å². The Balaban J connectivity index is 1.79. The van der Waals surface area contributed by atoms with Gasteiger partial charge in [0, 0.05) is 11.4 Å². The molecule has 2 nitrogen and oxygen atoms in total. The fourth-order valence-electron chi connectivity index (χ4n) is 2.81. The summed E-state index contributed by atoms with van der Waals surface area (Å²) < 4.78 is 0. The monoisotopic (exact) mass is 274 g/mol. The summed E-state index contributed by atoms with van der Waals surface area (Å²) in [5.74, 6) is 1.76. The molecule has 19 heavy (non-hydrogen) atoms. The van der Waals surface area contributed by atoms with Crippen LogP contribution < -0.4 is 5.32 Å². The number of rotatable bonds is 2. The van der Waals surface area contributed by atoms with Gasteiger partial charge in [0.25, 0.3) is 0 Å². The van der Waals surface area contributed by atoms with E-state index in [1.807, 2.05) is 11.8 Å². The van der Waals surface area contributed by atoms with Crippen molar-refractivity contribution in [1.82, 2.24) is 0 Å². The summed E-state index contributed by atoms with van der Waals surface area (Å²) >= 11 is 1.86. The van der Waals surface area contributed by atoms with Crippen LogP contribution >= 0.6 is 11.8 Å². The number of aliphatic imine (C=N–C) groups is 1. The van der Waals surface area contributed by atoms with Gasteiger partial charge in [0.15, 0.2) is 5.17 Å². The minimum Gasteiger partial charge on any atom is -0.335 e. The summed E-state index contributed by atoms with van der Waals surface area (Å²) in [5, 5.41) is 4.68. The fraction of sp³-hybridized carbons (Fsp3) is 0.562. The maximum atomic E-state index is 4.80. The number of thioether (sulfide) groups is 1. The highest BCUT2D eigenvalue weighted by atomic mass is 32.2. The lowest BCUT2D eigenvalue weighted by molar-refractivity contribution is 0.543. The lowest BCUT2D eigenvalue weighted by atomic mass is 9.90. The van der Waals surface area contributed by atoms with E-state index in [2.05, 4.69) is 37.4 Å². The van der Waals surface area contributed by atoms with Gasteiger partial charge in [-0.25, -0.2) is 0 Å². The molecule has 0 aromatic heterocycles. The molecule has 1 atom stereocenters. The highest BCUT2D eigenvalue weighted by Gasteiger charge is 2.22. The largest absolute Gasteiger partial charge is 0.335 e. The summed E-state index contributed by atoms with van der Waals surface area (Å²) in [5.41, 5.74) is 4.33. The van der Waals surface area contributed by atoms with Crippen LogP contribution in [0.4, 0.5) is 5.69 Å². The van der Waals surface area contributed by atoms with E-state index in [9.17, 15) is 0 Å². The van der Waals surface area contributed by atoms with E-state index < -0.39 is 0 Å². The summed E-state index contributed by atoms with van der Waals surface area (Å²) in [6.45, 7) is 4.50. The van der Waals surface area contributed by atoms with Gasteiger partial charge in [0.05, 0.1) is 6.04 Å². The zero-order chi connectivity index (χ0) is 13.2. The predicted molar refractivity (Wildman–Crippen MR) is 85.2 cm³/mol. The van der Waals surface area contributed by atoms with Gasteiger partial charge in [-0.15, -0.1) is 0 Å². The molecule has 1 aromatic carbocycles. The molecular formula is C16H22N2S. The molecule has 0 saturated heterocycles. The Kier molecular flexibility index (Phi) is 3.83. The van der Waals surface area contributed by atoms with Crippen LogP contribution in [0.2, 0.25) is 0 Å². The van der Waals surface area contributed by atoms with Crippen molar-refractivity contribution in [3.05, 3.63) is 29.3 Å². The van der Waals surface area contributed by atoms with Gasteiger partial charge >= 0.3 is 0 Å². The summed E-state index contributed by atoms with van der Waals surface area (Å²) in [6, 6.07) is 7.13. The summed E-state index contributed by atoms with van der Waals surface area (Å²) in [4.78, 5) is 4.80. The van der Waals surface area contributed by atoms with Crippen molar-refractivity contribution in [3.8, 4) is 0 Å². The Morgan fingerprint density at radius 2 is 2.11 bits per heavy atom. The third kappa shape index (κ3) is 2.81. The standard InChI is InChI=1S/C16H22N2S/c1-11(2)15-10-19-16(18-15)17-14-9-5-7-12-6-3-4-8-13(12)14/h5,7,9,11,15H,3-4,6,8,10H2,1-2H3,(H,17,18). The highest BCUT2D eigenvalue weighted by molar-refractivity contribution is 8.14. The second-order valence-electron chi connectivity index (χ2n) is 5.83. The minimum absolute atomic E-state index is 0.479. The molecule has 0 amide bonds. The number of hydrogen-bond donors (Lipinski definition) is 1. The molecule has 102 valence electrons. The summed E-state index contributed by atoms with van der Waals surface area (Å²) in [6.07, 6.45) is 5.10. The molecule has 1 heterocycles. The third-order valence-electron chi connectivity index (χ3n) is 4.08. The Morgan fingerprint density at radius 1 is 1.26 bits per heavy atom. The Hall–Kier alpha value is -0.960. The first-order valence-electron chi connectivity index (χ1n) is 7.32. The maximum Gasteiger partial charge on any atom is 0.161 e. The number of fused-ring (bicyclic) bond motifs is 1. The second kappa shape index (κ2) is 5.58. The molecule has 0 fully saturated rings. The number of anilines is 1. The van der Waals surface area contributed by atoms with Crippen molar-refractivity contribution in [2.45, 2.75) is 45.6 Å². The highest BCUT2D eigenvalue weighted by Crippen LogP contribution is 2.30. The molecule has 0 bridgehead atoms. The lowest BCUT2D eigenvalue weighted by Crippen LogP contribution is -2.13. The van der Waals surface area contributed by atoms with Crippen molar-refractivity contribution in [2.24, 2.45) is 10.9 Å². The van der Waals surface area contributed by atoms with Crippen molar-refractivity contribution in [3.63, 3.8) is 0 Å². The van der Waals surface area contributed by atoms with Crippen LogP contribution in [0.25, 0.3) is 0 Å². The molecule has 1 N–H and O–H groups in total. The van der Waals surface area contributed by atoms with Gasteiger partial charge in [-0.3, -0.25) is 4.99 Å². The zero-order valence-corrected chi connectivity index (χ0v) is 12.6. The molecule has 0 radical (unpaired) electrons. The van der Waals surface area contributed by atoms with Gasteiger partial charge in [-0.1, -0.05) is 37.7 Å². The van der Waals surface area contributed by atoms with E-state index in [1.54, 1.807) is 0 Å². The molecule has 2 aliphatic rings. The molecule has 0 spiro atoms. The van der Waals surface area contributed by atoms with Gasteiger partial charge in [0.2, 0.25) is 0 Å². The molecule has 1 aliphatic heterocycles. The molecule has 3 rings (SSSR count). The number of nitrogens with zero attached hydrogens (tertiary/aromatic N) is 1. The quantitative estimate of drug-likeness (QED) is 0.878. The topological polar surface area (TPSA) is 24.4 Å². The average Bonchev–Trinajstić information content (AvgIpc) is 2.88. The molecule has 3 heteroatoms. The van der Waals surface area contributed by atoms with Crippen LogP contribution in [0.3, 0.4) is 0 Å². The van der Waals surface area contributed by atoms with Gasteiger partial charge in [-0.2, -0.15) is 0 Å². The van der Waals surface area contributed by atoms with Gasteiger partial charge in [-0.05, 0) is 48.8 Å². The van der Waals surface area contributed by atoms with Crippen molar-refractivity contribution >= 4 is 22.6 Å². The zero-order valence-electron chi connectivity index (χ0n) is 11.8. The van der Waals surface area contributed by atoms with Gasteiger partial charge < -0.3 is 5.32 Å². The van der Waals surface area contributed by atoms with E-state index in [0.29, 0.717) is 12.0 Å². The van der Waals surface area contributed by atoms with Crippen LogP contribution in [-0.2, 0) is 12.8 Å². The van der Waals surface area contributed by atoms with Crippen molar-refractivity contribution < 1.29 is 0 Å². The minimum atomic E-state index is 0.479. The first-order chi connectivity index (χ1) is 9.24. The number of benzene rings is 1. The van der Waals surface area contributed by atoms with E-state index in [4.69, 9.17) is 4.99 Å². The Morgan fingerprint density at radius 3 is 2.89 bits per heavy atom. The van der Waals surface area contributed by atoms with E-state index in [1.165, 1.54) is 42.5 Å². The SMILES string of the molecule is CC(C)C1CSC(Nc2cccc3c2CCCC3)=N1. The molecule has 0 saturated carbocycles. The first-order valence-corrected chi connectivity index (χ1v) is 8.31. The molecule has 1 unspecified atom stereocenters. The van der Waals surface area contributed by atoms with Gasteiger partial charge in [0.1, 0.15) is 0 Å². The third-order valence-corrected chi connectivity index (χ3v) is 5.07. The van der Waals surface area contributed by atoms with Crippen molar-refractivity contribution in [2.75, 3.05) is 11.1 Å². The molecule has 1 aliphatic carbocycles. The lowest BCUT2D eigenvalue weighted by Gasteiger charge is -2.19. The number of amidine groups is 1. The second-order valence-corrected chi connectivity index (χ2v) is 6.84. The van der Waals surface area contributed by atoms with E-state index >= 15 is 0 Å². The fourth-order valence-corrected chi connectivity index (χ4v) is 3.99. The summed E-state index contributed by atoms with van der Waals surface area (Å²) in [7, 11) is 0. The van der Waals surface area contributed by atoms with E-state index in [-0.39, 0.29) is 0 Å². The number of nitrogens with one attached hydrogen (secondary N) is 1. The van der Waals surface area contributed by atoms with Crippen LogP contribution in [0.1, 0.15) is 37.8 Å².